The lowest BCUT2D eigenvalue weighted by molar-refractivity contribution is -0.154. The first-order chi connectivity index (χ1) is 9.16. The molecule has 0 bridgehead atoms. The lowest BCUT2D eigenvalue weighted by Gasteiger charge is -2.19. The highest BCUT2D eigenvalue weighted by Crippen LogP contribution is 2.21. The van der Waals surface area contributed by atoms with Gasteiger partial charge in [-0.1, -0.05) is 12.8 Å². The van der Waals surface area contributed by atoms with E-state index in [2.05, 4.69) is 10.3 Å². The van der Waals surface area contributed by atoms with Crippen LogP contribution in [0.1, 0.15) is 44.3 Å². The number of amides is 1. The third-order valence-corrected chi connectivity index (χ3v) is 3.23. The van der Waals surface area contributed by atoms with Gasteiger partial charge in [-0.15, -0.1) is 0 Å². The molecule has 1 aromatic rings. The maximum absolute atomic E-state index is 12.2. The van der Waals surface area contributed by atoms with Crippen molar-refractivity contribution in [3.8, 4) is 0 Å². The van der Waals surface area contributed by atoms with Crippen molar-refractivity contribution in [1.29, 1.82) is 0 Å². The molecule has 1 aliphatic carbocycles. The molecule has 5 heteroatoms. The number of carbonyl (C=O) groups is 2. The molecule has 5 nitrogen and oxygen atoms in total. The minimum absolute atomic E-state index is 0.201. The van der Waals surface area contributed by atoms with Crippen LogP contribution < -0.4 is 5.32 Å². The molecule has 1 fully saturated rings. The van der Waals surface area contributed by atoms with Gasteiger partial charge in [0.15, 0.2) is 0 Å². The first-order valence-electron chi connectivity index (χ1n) is 6.54. The summed E-state index contributed by atoms with van der Waals surface area (Å²) in [5, 5.41) is 2.95. The van der Waals surface area contributed by atoms with E-state index >= 15 is 0 Å². The summed E-state index contributed by atoms with van der Waals surface area (Å²) in [4.78, 5) is 27.3. The summed E-state index contributed by atoms with van der Waals surface area (Å²) in [6.07, 6.45) is 6.53. The molecule has 1 saturated carbocycles. The van der Waals surface area contributed by atoms with E-state index in [9.17, 15) is 9.59 Å². The highest BCUT2D eigenvalue weighted by atomic mass is 16.5. The third kappa shape index (κ3) is 3.77. The number of ether oxygens (including phenoxy) is 1. The summed E-state index contributed by atoms with van der Waals surface area (Å²) < 4.78 is 5.13. The predicted octanol–water partition coefficient (Wildman–Crippen LogP) is 1.74. The minimum Gasteiger partial charge on any atom is -0.447 e. The van der Waals surface area contributed by atoms with Crippen LogP contribution in [0.5, 0.6) is 0 Å². The second-order valence-electron chi connectivity index (χ2n) is 4.76. The average Bonchev–Trinajstić information content (AvgIpc) is 2.89. The summed E-state index contributed by atoms with van der Waals surface area (Å²) in [6.45, 7) is 1.30. The van der Waals surface area contributed by atoms with Crippen molar-refractivity contribution in [2.45, 2.75) is 44.8 Å². The number of hydrogen-bond donors (Lipinski definition) is 1. The number of nitrogens with one attached hydrogen (secondary N) is 1. The maximum Gasteiger partial charge on any atom is 0.303 e. The van der Waals surface area contributed by atoms with Gasteiger partial charge in [-0.05, 0) is 25.0 Å². The van der Waals surface area contributed by atoms with E-state index in [1.54, 1.807) is 24.5 Å². The summed E-state index contributed by atoms with van der Waals surface area (Å²) in [6, 6.07) is 3.57. The number of esters is 1. The smallest absolute Gasteiger partial charge is 0.303 e. The Morgan fingerprint density at radius 2 is 1.95 bits per heavy atom. The van der Waals surface area contributed by atoms with Crippen molar-refractivity contribution >= 4 is 11.9 Å². The summed E-state index contributed by atoms with van der Waals surface area (Å²) >= 11 is 0. The van der Waals surface area contributed by atoms with Crippen LogP contribution in [0.3, 0.4) is 0 Å². The van der Waals surface area contributed by atoms with Crippen molar-refractivity contribution < 1.29 is 14.3 Å². The van der Waals surface area contributed by atoms with Crippen LogP contribution in [0.4, 0.5) is 0 Å². The van der Waals surface area contributed by atoms with E-state index in [0.29, 0.717) is 5.56 Å². The summed E-state index contributed by atoms with van der Waals surface area (Å²) in [7, 11) is 0. The van der Waals surface area contributed by atoms with E-state index in [4.69, 9.17) is 4.74 Å². The van der Waals surface area contributed by atoms with E-state index in [1.807, 2.05) is 0 Å². The van der Waals surface area contributed by atoms with Gasteiger partial charge < -0.3 is 10.1 Å². The van der Waals surface area contributed by atoms with Gasteiger partial charge in [0.1, 0.15) is 0 Å². The number of aromatic nitrogens is 1. The molecule has 1 aromatic heterocycles. The number of carbonyl (C=O) groups excluding carboxylic acids is 2. The molecular formula is C14H18N2O3. The van der Waals surface area contributed by atoms with Gasteiger partial charge in [0.2, 0.25) is 6.10 Å². The molecule has 102 valence electrons. The molecule has 0 spiro atoms. The van der Waals surface area contributed by atoms with Crippen LogP contribution in [-0.4, -0.2) is 22.9 Å². The Hall–Kier alpha value is -1.91. The quantitative estimate of drug-likeness (QED) is 0.839. The van der Waals surface area contributed by atoms with E-state index in [0.717, 1.165) is 25.7 Å². The fraction of sp³-hybridized carbons (Fsp3) is 0.500. The van der Waals surface area contributed by atoms with Gasteiger partial charge in [0.05, 0.1) is 0 Å². The van der Waals surface area contributed by atoms with Crippen molar-refractivity contribution in [3.63, 3.8) is 0 Å². The van der Waals surface area contributed by atoms with Crippen LogP contribution in [0.15, 0.2) is 24.5 Å². The van der Waals surface area contributed by atoms with Crippen molar-refractivity contribution in [1.82, 2.24) is 10.3 Å². The molecule has 19 heavy (non-hydrogen) atoms. The molecule has 1 aliphatic rings. The predicted molar refractivity (Wildman–Crippen MR) is 69.1 cm³/mol. The Bertz CT molecular complexity index is 441. The van der Waals surface area contributed by atoms with Gasteiger partial charge in [0, 0.05) is 30.9 Å². The minimum atomic E-state index is -0.888. The Kier molecular flexibility index (Phi) is 4.49. The fourth-order valence-corrected chi connectivity index (χ4v) is 2.32. The van der Waals surface area contributed by atoms with Gasteiger partial charge in [-0.2, -0.15) is 0 Å². The lowest BCUT2D eigenvalue weighted by atomic mass is 10.1. The molecule has 0 saturated heterocycles. The summed E-state index contributed by atoms with van der Waals surface area (Å²) in [5.41, 5.74) is 0.640. The van der Waals surface area contributed by atoms with Crippen molar-refractivity contribution in [3.05, 3.63) is 30.1 Å². The molecule has 1 N–H and O–H groups in total. The first-order valence-corrected chi connectivity index (χ1v) is 6.54. The average molecular weight is 262 g/mol. The number of hydrogen-bond acceptors (Lipinski definition) is 4. The molecule has 1 atom stereocenters. The molecule has 2 rings (SSSR count). The monoisotopic (exact) mass is 262 g/mol. The Morgan fingerprint density at radius 3 is 2.53 bits per heavy atom. The van der Waals surface area contributed by atoms with E-state index in [-0.39, 0.29) is 11.9 Å². The second-order valence-corrected chi connectivity index (χ2v) is 4.76. The Morgan fingerprint density at radius 1 is 1.32 bits per heavy atom. The van der Waals surface area contributed by atoms with Gasteiger partial charge in [0.25, 0.3) is 5.91 Å². The Labute approximate surface area is 112 Å². The number of nitrogens with zero attached hydrogens (tertiary/aromatic N) is 1. The number of rotatable bonds is 4. The van der Waals surface area contributed by atoms with E-state index in [1.165, 1.54) is 6.92 Å². The molecular weight excluding hydrogens is 244 g/mol. The molecule has 0 aliphatic heterocycles. The van der Waals surface area contributed by atoms with Crippen LogP contribution in [0, 0.1) is 0 Å². The summed E-state index contributed by atoms with van der Waals surface area (Å²) in [5.74, 6) is -0.725. The van der Waals surface area contributed by atoms with Gasteiger partial charge in [-0.25, -0.2) is 0 Å². The zero-order valence-electron chi connectivity index (χ0n) is 11.0. The van der Waals surface area contributed by atoms with Crippen LogP contribution in [0.2, 0.25) is 0 Å². The Balaban J connectivity index is 2.08. The molecule has 0 unspecified atom stereocenters. The fourth-order valence-electron chi connectivity index (χ4n) is 2.32. The maximum atomic E-state index is 12.2. The highest BCUT2D eigenvalue weighted by molar-refractivity contribution is 5.84. The standard InChI is InChI=1S/C14H18N2O3/c1-10(17)19-13(11-6-8-15-9-7-11)14(18)16-12-4-2-3-5-12/h6-9,12-13H,2-5H2,1H3,(H,16,18)/t13-/m0/s1. The van der Waals surface area contributed by atoms with Crippen LogP contribution >= 0.6 is 0 Å². The van der Waals surface area contributed by atoms with Crippen molar-refractivity contribution in [2.24, 2.45) is 0 Å². The topological polar surface area (TPSA) is 68.3 Å². The second kappa shape index (κ2) is 6.31. The highest BCUT2D eigenvalue weighted by Gasteiger charge is 2.27. The third-order valence-electron chi connectivity index (χ3n) is 3.23. The SMILES string of the molecule is CC(=O)O[C@H](C(=O)NC1CCCC1)c1ccncc1. The largest absolute Gasteiger partial charge is 0.447 e. The van der Waals surface area contributed by atoms with Crippen LogP contribution in [-0.2, 0) is 14.3 Å². The normalized spacial score (nSPS) is 16.9. The molecule has 0 radical (unpaired) electrons. The zero-order valence-corrected chi connectivity index (χ0v) is 11.0. The number of pyridine rings is 1. The van der Waals surface area contributed by atoms with Gasteiger partial charge in [-0.3, -0.25) is 14.6 Å². The first kappa shape index (κ1) is 13.5. The van der Waals surface area contributed by atoms with E-state index < -0.39 is 12.1 Å². The van der Waals surface area contributed by atoms with Crippen molar-refractivity contribution in [2.75, 3.05) is 0 Å². The lowest BCUT2D eigenvalue weighted by Crippen LogP contribution is -2.37. The zero-order chi connectivity index (χ0) is 13.7. The molecule has 1 heterocycles. The van der Waals surface area contributed by atoms with Crippen LogP contribution in [0.25, 0.3) is 0 Å². The molecule has 0 aromatic carbocycles. The molecule has 1 amide bonds. The van der Waals surface area contributed by atoms with Gasteiger partial charge >= 0.3 is 5.97 Å².